The molecule has 138 valence electrons. The molecule has 1 aliphatic heterocycles. The van der Waals surface area contributed by atoms with Crippen LogP contribution in [0.4, 0.5) is 29.0 Å². The number of benzene rings is 1. The van der Waals surface area contributed by atoms with Gasteiger partial charge in [-0.15, -0.1) is 0 Å². The van der Waals surface area contributed by atoms with Crippen molar-refractivity contribution in [3.8, 4) is 0 Å². The van der Waals surface area contributed by atoms with E-state index in [9.17, 15) is 10.1 Å². The Morgan fingerprint density at radius 3 is 2.42 bits per heavy atom. The SMILES string of the molecule is C[C@@H]1C[C@@H](C)CN(c2nc(N)c([N+](=O)[O-])c(Nc3ccc(Cl)cc3)n2)C1. The molecule has 1 fully saturated rings. The van der Waals surface area contributed by atoms with E-state index in [0.29, 0.717) is 28.5 Å². The van der Waals surface area contributed by atoms with Crippen LogP contribution >= 0.6 is 11.6 Å². The number of rotatable bonds is 4. The lowest BCUT2D eigenvalue weighted by molar-refractivity contribution is -0.383. The van der Waals surface area contributed by atoms with Gasteiger partial charge in [-0.3, -0.25) is 10.1 Å². The van der Waals surface area contributed by atoms with Crippen LogP contribution < -0.4 is 16.0 Å². The Kier molecular flexibility index (Phi) is 5.13. The fourth-order valence-corrected chi connectivity index (χ4v) is 3.49. The molecule has 0 saturated carbocycles. The molecule has 2 atom stereocenters. The molecule has 1 aromatic heterocycles. The molecule has 3 rings (SSSR count). The van der Waals surface area contributed by atoms with E-state index in [-0.39, 0.29) is 17.3 Å². The van der Waals surface area contributed by atoms with Gasteiger partial charge < -0.3 is 16.0 Å². The van der Waals surface area contributed by atoms with Crippen molar-refractivity contribution in [1.82, 2.24) is 9.97 Å². The molecule has 1 saturated heterocycles. The van der Waals surface area contributed by atoms with Crippen molar-refractivity contribution in [2.75, 3.05) is 29.0 Å². The Bertz CT molecular complexity index is 804. The summed E-state index contributed by atoms with van der Waals surface area (Å²) in [6, 6.07) is 6.81. The number of piperidine rings is 1. The van der Waals surface area contributed by atoms with Crippen LogP contribution in [0.1, 0.15) is 20.3 Å². The topological polar surface area (TPSA) is 110 Å². The Hall–Kier alpha value is -2.61. The zero-order valence-corrected chi connectivity index (χ0v) is 15.4. The summed E-state index contributed by atoms with van der Waals surface area (Å²) < 4.78 is 0. The Morgan fingerprint density at radius 1 is 1.23 bits per heavy atom. The second-order valence-corrected chi connectivity index (χ2v) is 7.28. The summed E-state index contributed by atoms with van der Waals surface area (Å²) in [5.74, 6) is 1.31. The zero-order valence-electron chi connectivity index (χ0n) is 14.6. The third-order valence-corrected chi connectivity index (χ3v) is 4.59. The van der Waals surface area contributed by atoms with Gasteiger partial charge in [0.25, 0.3) is 0 Å². The lowest BCUT2D eigenvalue weighted by Gasteiger charge is -2.35. The highest BCUT2D eigenvalue weighted by Crippen LogP contribution is 2.34. The molecule has 1 aromatic carbocycles. The number of hydrogen-bond donors (Lipinski definition) is 2. The van der Waals surface area contributed by atoms with Gasteiger partial charge in [-0.05, 0) is 42.5 Å². The molecule has 9 heteroatoms. The smallest absolute Gasteiger partial charge is 0.353 e. The minimum Gasteiger partial charge on any atom is -0.378 e. The van der Waals surface area contributed by atoms with E-state index >= 15 is 0 Å². The number of nitrogens with zero attached hydrogens (tertiary/aromatic N) is 4. The molecule has 0 radical (unpaired) electrons. The quantitative estimate of drug-likeness (QED) is 0.615. The first-order valence-corrected chi connectivity index (χ1v) is 8.80. The van der Waals surface area contributed by atoms with Crippen LogP contribution in [0.3, 0.4) is 0 Å². The molecule has 8 nitrogen and oxygen atoms in total. The minimum absolute atomic E-state index is 0.0747. The van der Waals surface area contributed by atoms with Crippen molar-refractivity contribution in [2.45, 2.75) is 20.3 Å². The molecule has 0 unspecified atom stereocenters. The molecule has 0 spiro atoms. The summed E-state index contributed by atoms with van der Waals surface area (Å²) in [5, 5.41) is 15.0. The standard InChI is InChI=1S/C17H21ClN6O2/c1-10-7-11(2)9-23(8-10)17-21-15(19)14(24(25)26)16(22-17)20-13-5-3-12(18)4-6-13/h3-6,10-11H,7-9H2,1-2H3,(H3,19,20,21,22)/t10-,11-/m1/s1. The maximum Gasteiger partial charge on any atom is 0.353 e. The van der Waals surface area contributed by atoms with E-state index in [1.54, 1.807) is 24.3 Å². The van der Waals surface area contributed by atoms with Crippen molar-refractivity contribution in [2.24, 2.45) is 11.8 Å². The third kappa shape index (κ3) is 3.96. The molecule has 0 bridgehead atoms. The highest BCUT2D eigenvalue weighted by Gasteiger charge is 2.28. The number of aromatic nitrogens is 2. The summed E-state index contributed by atoms with van der Waals surface area (Å²) >= 11 is 5.89. The van der Waals surface area contributed by atoms with E-state index in [0.717, 1.165) is 19.5 Å². The molecular formula is C17H21ClN6O2. The van der Waals surface area contributed by atoms with Gasteiger partial charge in [0.05, 0.1) is 4.92 Å². The Labute approximate surface area is 156 Å². The van der Waals surface area contributed by atoms with Crippen molar-refractivity contribution >= 4 is 40.6 Å². The van der Waals surface area contributed by atoms with Gasteiger partial charge in [-0.2, -0.15) is 9.97 Å². The second-order valence-electron chi connectivity index (χ2n) is 6.85. The maximum atomic E-state index is 11.4. The number of nitrogens with one attached hydrogen (secondary N) is 1. The first-order chi connectivity index (χ1) is 12.3. The predicted molar refractivity (Wildman–Crippen MR) is 103 cm³/mol. The summed E-state index contributed by atoms with van der Waals surface area (Å²) in [5.41, 5.74) is 6.19. The zero-order chi connectivity index (χ0) is 18.8. The summed E-state index contributed by atoms with van der Waals surface area (Å²) in [7, 11) is 0. The maximum absolute atomic E-state index is 11.4. The molecular weight excluding hydrogens is 356 g/mol. The lowest BCUT2D eigenvalue weighted by atomic mass is 9.92. The number of anilines is 4. The lowest BCUT2D eigenvalue weighted by Crippen LogP contribution is -2.39. The summed E-state index contributed by atoms with van der Waals surface area (Å²) in [4.78, 5) is 21.5. The van der Waals surface area contributed by atoms with Gasteiger partial charge in [0.15, 0.2) is 0 Å². The van der Waals surface area contributed by atoms with Crippen LogP contribution in [-0.4, -0.2) is 28.0 Å². The van der Waals surface area contributed by atoms with E-state index in [1.165, 1.54) is 0 Å². The van der Waals surface area contributed by atoms with Crippen LogP contribution in [-0.2, 0) is 0 Å². The molecule has 2 aromatic rings. The van der Waals surface area contributed by atoms with Crippen molar-refractivity contribution in [3.63, 3.8) is 0 Å². The van der Waals surface area contributed by atoms with Gasteiger partial charge >= 0.3 is 5.69 Å². The summed E-state index contributed by atoms with van der Waals surface area (Å²) in [6.45, 7) is 5.93. The second kappa shape index (κ2) is 7.33. The van der Waals surface area contributed by atoms with Crippen LogP contribution in [0.15, 0.2) is 24.3 Å². The summed E-state index contributed by atoms with van der Waals surface area (Å²) in [6.07, 6.45) is 1.13. The van der Waals surface area contributed by atoms with Gasteiger partial charge in [0.1, 0.15) is 0 Å². The van der Waals surface area contributed by atoms with Crippen molar-refractivity contribution in [1.29, 1.82) is 0 Å². The molecule has 0 amide bonds. The number of halogens is 1. The highest BCUT2D eigenvalue weighted by atomic mass is 35.5. The Balaban J connectivity index is 1.99. The van der Waals surface area contributed by atoms with Gasteiger partial charge in [0.2, 0.25) is 17.6 Å². The molecule has 3 N–H and O–H groups in total. The fraction of sp³-hybridized carbons (Fsp3) is 0.412. The van der Waals surface area contributed by atoms with Crippen molar-refractivity contribution < 1.29 is 4.92 Å². The predicted octanol–water partition coefficient (Wildman–Crippen LogP) is 3.85. The Morgan fingerprint density at radius 2 is 1.85 bits per heavy atom. The third-order valence-electron chi connectivity index (χ3n) is 4.34. The van der Waals surface area contributed by atoms with Gasteiger partial charge in [0, 0.05) is 23.8 Å². The monoisotopic (exact) mass is 376 g/mol. The van der Waals surface area contributed by atoms with E-state index in [4.69, 9.17) is 17.3 Å². The minimum atomic E-state index is -0.571. The fourth-order valence-electron chi connectivity index (χ4n) is 3.36. The van der Waals surface area contributed by atoms with Crippen LogP contribution in [0.25, 0.3) is 0 Å². The normalized spacial score (nSPS) is 20.0. The molecule has 26 heavy (non-hydrogen) atoms. The number of hydrogen-bond acceptors (Lipinski definition) is 7. The largest absolute Gasteiger partial charge is 0.378 e. The van der Waals surface area contributed by atoms with E-state index in [2.05, 4.69) is 29.1 Å². The average Bonchev–Trinajstić information content (AvgIpc) is 2.55. The first kappa shape index (κ1) is 18.2. The number of nitrogen functional groups attached to an aromatic ring is 1. The van der Waals surface area contributed by atoms with Gasteiger partial charge in [-0.25, -0.2) is 0 Å². The van der Waals surface area contributed by atoms with Gasteiger partial charge in [-0.1, -0.05) is 25.4 Å². The van der Waals surface area contributed by atoms with E-state index in [1.807, 2.05) is 4.90 Å². The molecule has 0 aliphatic carbocycles. The highest BCUT2D eigenvalue weighted by molar-refractivity contribution is 6.30. The number of nitro groups is 1. The van der Waals surface area contributed by atoms with E-state index < -0.39 is 4.92 Å². The first-order valence-electron chi connectivity index (χ1n) is 8.43. The van der Waals surface area contributed by atoms with Crippen LogP contribution in [0, 0.1) is 22.0 Å². The molecule has 1 aliphatic rings. The van der Waals surface area contributed by atoms with Crippen LogP contribution in [0.5, 0.6) is 0 Å². The van der Waals surface area contributed by atoms with Crippen molar-refractivity contribution in [3.05, 3.63) is 39.4 Å². The molecule has 2 heterocycles. The van der Waals surface area contributed by atoms with Crippen LogP contribution in [0.2, 0.25) is 5.02 Å². The average molecular weight is 377 g/mol. The number of nitrogens with two attached hydrogens (primary N) is 1.